The smallest absolute Gasteiger partial charge is 0.359 e. The van der Waals surface area contributed by atoms with Crippen molar-refractivity contribution >= 4 is 39.9 Å². The summed E-state index contributed by atoms with van der Waals surface area (Å²) in [6, 6.07) is 21.2. The largest absolute Gasteiger partial charge is 0.456 e. The van der Waals surface area contributed by atoms with E-state index in [1.807, 2.05) is 30.3 Å². The average molecular weight is 439 g/mol. The summed E-state index contributed by atoms with van der Waals surface area (Å²) in [6.07, 6.45) is 0. The Morgan fingerprint density at radius 3 is 2.37 bits per heavy atom. The molecule has 0 saturated heterocycles. The normalized spacial score (nSPS) is 10.9. The van der Waals surface area contributed by atoms with Gasteiger partial charge in [0.1, 0.15) is 6.61 Å². The van der Waals surface area contributed by atoms with E-state index in [2.05, 4.69) is 5.10 Å². The molecule has 1 aromatic heterocycles. The third kappa shape index (κ3) is 4.22. The Hall–Kier alpha value is -3.15. The summed E-state index contributed by atoms with van der Waals surface area (Å²) >= 11 is 12.1. The lowest BCUT2D eigenvalue weighted by Crippen LogP contribution is -2.27. The van der Waals surface area contributed by atoms with Gasteiger partial charge in [0.2, 0.25) is 0 Å². The van der Waals surface area contributed by atoms with Gasteiger partial charge < -0.3 is 4.74 Å². The molecule has 7 heteroatoms. The molecule has 4 aromatic rings. The molecular formula is C23H16Cl2N2O3. The molecule has 4 rings (SSSR count). The first-order valence-electron chi connectivity index (χ1n) is 9.18. The fourth-order valence-electron chi connectivity index (χ4n) is 3.10. The van der Waals surface area contributed by atoms with Crippen LogP contribution in [0.4, 0.5) is 0 Å². The molecule has 0 bridgehead atoms. The van der Waals surface area contributed by atoms with Crippen molar-refractivity contribution in [3.05, 3.63) is 110 Å². The molecule has 0 radical (unpaired) electrons. The van der Waals surface area contributed by atoms with E-state index < -0.39 is 5.97 Å². The number of ether oxygens (including phenoxy) is 1. The van der Waals surface area contributed by atoms with Crippen molar-refractivity contribution in [1.82, 2.24) is 9.78 Å². The van der Waals surface area contributed by atoms with Crippen LogP contribution in [0.5, 0.6) is 0 Å². The van der Waals surface area contributed by atoms with E-state index in [4.69, 9.17) is 27.9 Å². The molecule has 5 nitrogen and oxygen atoms in total. The second-order valence-electron chi connectivity index (χ2n) is 6.65. The van der Waals surface area contributed by atoms with E-state index in [1.54, 1.807) is 42.5 Å². The van der Waals surface area contributed by atoms with Crippen LogP contribution in [0.3, 0.4) is 0 Å². The standard InChI is InChI=1S/C23H16Cl2N2O3/c24-17-11-10-16(20(25)12-17)14-30-23(29)21-18-8-4-5-9-19(18)22(28)27(26-21)13-15-6-2-1-3-7-15/h1-12H,13-14H2. The molecule has 0 unspecified atom stereocenters. The Kier molecular flexibility index (Phi) is 5.84. The molecule has 0 aliphatic rings. The van der Waals surface area contributed by atoms with Crippen LogP contribution in [0, 0.1) is 0 Å². The number of benzene rings is 3. The number of halogens is 2. The van der Waals surface area contributed by atoms with Crippen molar-refractivity contribution in [2.24, 2.45) is 0 Å². The lowest BCUT2D eigenvalue weighted by Gasteiger charge is -2.11. The number of fused-ring (bicyclic) bond motifs is 1. The van der Waals surface area contributed by atoms with Crippen LogP contribution >= 0.6 is 23.2 Å². The Balaban J connectivity index is 1.69. The second kappa shape index (κ2) is 8.69. The number of hydrogen-bond donors (Lipinski definition) is 0. The van der Waals surface area contributed by atoms with Gasteiger partial charge in [-0.25, -0.2) is 9.48 Å². The SMILES string of the molecule is O=C(OCc1ccc(Cl)cc1Cl)c1nn(Cc2ccccc2)c(=O)c2ccccc12. The Bertz CT molecular complexity index is 1290. The third-order valence-corrected chi connectivity index (χ3v) is 5.20. The topological polar surface area (TPSA) is 61.2 Å². The summed E-state index contributed by atoms with van der Waals surface area (Å²) in [5.41, 5.74) is 1.32. The summed E-state index contributed by atoms with van der Waals surface area (Å²) in [4.78, 5) is 25.7. The highest BCUT2D eigenvalue weighted by atomic mass is 35.5. The summed E-state index contributed by atoms with van der Waals surface area (Å²) in [5, 5.41) is 6.07. The first kappa shape index (κ1) is 20.1. The summed E-state index contributed by atoms with van der Waals surface area (Å²) in [5.74, 6) is -0.640. The highest BCUT2D eigenvalue weighted by Crippen LogP contribution is 2.22. The predicted octanol–water partition coefficient (Wildman–Crippen LogP) is 5.11. The summed E-state index contributed by atoms with van der Waals surface area (Å²) < 4.78 is 6.72. The molecule has 3 aromatic carbocycles. The van der Waals surface area contributed by atoms with Gasteiger partial charge in [0, 0.05) is 21.0 Å². The minimum atomic E-state index is -0.640. The minimum Gasteiger partial charge on any atom is -0.456 e. The average Bonchev–Trinajstić information content (AvgIpc) is 2.75. The van der Waals surface area contributed by atoms with Gasteiger partial charge in [0.05, 0.1) is 11.9 Å². The zero-order valence-electron chi connectivity index (χ0n) is 15.7. The molecule has 0 aliphatic heterocycles. The number of carbonyl (C=O) groups is 1. The van der Waals surface area contributed by atoms with Gasteiger partial charge in [0.15, 0.2) is 5.69 Å². The molecule has 0 fully saturated rings. The molecule has 1 heterocycles. The maximum Gasteiger partial charge on any atom is 0.359 e. The Morgan fingerprint density at radius 2 is 1.63 bits per heavy atom. The van der Waals surface area contributed by atoms with Crippen LogP contribution in [-0.4, -0.2) is 15.7 Å². The maximum absolute atomic E-state index is 12.9. The van der Waals surface area contributed by atoms with Gasteiger partial charge in [-0.3, -0.25) is 4.79 Å². The van der Waals surface area contributed by atoms with E-state index in [0.29, 0.717) is 26.4 Å². The van der Waals surface area contributed by atoms with Crippen molar-refractivity contribution in [2.75, 3.05) is 0 Å². The molecule has 0 saturated carbocycles. The van der Waals surface area contributed by atoms with Gasteiger partial charge in [-0.15, -0.1) is 0 Å². The zero-order valence-corrected chi connectivity index (χ0v) is 17.2. The quantitative estimate of drug-likeness (QED) is 0.406. The molecule has 150 valence electrons. The van der Waals surface area contributed by atoms with Gasteiger partial charge in [-0.1, -0.05) is 77.8 Å². The van der Waals surface area contributed by atoms with Gasteiger partial charge in [-0.05, 0) is 23.8 Å². The molecular weight excluding hydrogens is 423 g/mol. The molecule has 0 aliphatic carbocycles. The monoisotopic (exact) mass is 438 g/mol. The van der Waals surface area contributed by atoms with E-state index in [1.165, 1.54) is 4.68 Å². The molecule has 0 atom stereocenters. The van der Waals surface area contributed by atoms with Crippen LogP contribution in [-0.2, 0) is 17.9 Å². The summed E-state index contributed by atoms with van der Waals surface area (Å²) in [7, 11) is 0. The van der Waals surface area contributed by atoms with Crippen LogP contribution in [0.1, 0.15) is 21.6 Å². The van der Waals surface area contributed by atoms with Crippen LogP contribution in [0.2, 0.25) is 10.0 Å². The first-order valence-corrected chi connectivity index (χ1v) is 9.93. The fourth-order valence-corrected chi connectivity index (χ4v) is 3.56. The van der Waals surface area contributed by atoms with Crippen LogP contribution in [0.15, 0.2) is 77.6 Å². The van der Waals surface area contributed by atoms with Gasteiger partial charge in [-0.2, -0.15) is 5.10 Å². The predicted molar refractivity (Wildman–Crippen MR) is 117 cm³/mol. The number of nitrogens with zero attached hydrogens (tertiary/aromatic N) is 2. The fraction of sp³-hybridized carbons (Fsp3) is 0.0870. The van der Waals surface area contributed by atoms with Crippen LogP contribution in [0.25, 0.3) is 10.8 Å². The highest BCUT2D eigenvalue weighted by molar-refractivity contribution is 6.35. The van der Waals surface area contributed by atoms with Crippen molar-refractivity contribution in [1.29, 1.82) is 0 Å². The molecule has 0 amide bonds. The third-order valence-electron chi connectivity index (χ3n) is 4.61. The Morgan fingerprint density at radius 1 is 0.933 bits per heavy atom. The molecule has 0 N–H and O–H groups in total. The zero-order chi connectivity index (χ0) is 21.1. The van der Waals surface area contributed by atoms with Crippen LogP contribution < -0.4 is 5.56 Å². The Labute approximate surface area is 182 Å². The van der Waals surface area contributed by atoms with Crippen molar-refractivity contribution < 1.29 is 9.53 Å². The summed E-state index contributed by atoms with van der Waals surface area (Å²) in [6.45, 7) is 0.205. The van der Waals surface area contributed by atoms with E-state index >= 15 is 0 Å². The van der Waals surface area contributed by atoms with Gasteiger partial charge in [0.25, 0.3) is 5.56 Å². The number of rotatable bonds is 5. The number of esters is 1. The maximum atomic E-state index is 12.9. The van der Waals surface area contributed by atoms with E-state index in [9.17, 15) is 9.59 Å². The van der Waals surface area contributed by atoms with Gasteiger partial charge >= 0.3 is 5.97 Å². The van der Waals surface area contributed by atoms with Crippen molar-refractivity contribution in [2.45, 2.75) is 13.2 Å². The van der Waals surface area contributed by atoms with Crippen molar-refractivity contribution in [3.63, 3.8) is 0 Å². The lowest BCUT2D eigenvalue weighted by molar-refractivity contribution is 0.0465. The van der Waals surface area contributed by atoms with E-state index in [0.717, 1.165) is 5.56 Å². The molecule has 0 spiro atoms. The lowest BCUT2D eigenvalue weighted by atomic mass is 10.1. The minimum absolute atomic E-state index is 0.0390. The highest BCUT2D eigenvalue weighted by Gasteiger charge is 2.18. The molecule has 30 heavy (non-hydrogen) atoms. The number of carbonyl (C=O) groups excluding carboxylic acids is 1. The number of hydrogen-bond acceptors (Lipinski definition) is 4. The van der Waals surface area contributed by atoms with Crippen molar-refractivity contribution in [3.8, 4) is 0 Å². The second-order valence-corrected chi connectivity index (χ2v) is 7.50. The number of aromatic nitrogens is 2. The first-order chi connectivity index (χ1) is 14.5. The van der Waals surface area contributed by atoms with E-state index in [-0.39, 0.29) is 24.4 Å².